The molecule has 2 aliphatic rings. The molecule has 4 heteroatoms. The van der Waals surface area contributed by atoms with E-state index in [1.807, 2.05) is 11.8 Å². The fourth-order valence-corrected chi connectivity index (χ4v) is 4.92. The molecule has 1 saturated carbocycles. The molecule has 3 unspecified atom stereocenters. The van der Waals surface area contributed by atoms with Crippen LogP contribution in [0.4, 0.5) is 0 Å². The van der Waals surface area contributed by atoms with E-state index in [1.54, 1.807) is 0 Å². The van der Waals surface area contributed by atoms with Gasteiger partial charge in [-0.3, -0.25) is 4.79 Å². The summed E-state index contributed by atoms with van der Waals surface area (Å²) >= 11 is 5.43. The van der Waals surface area contributed by atoms with Crippen molar-refractivity contribution in [2.24, 2.45) is 11.8 Å². The van der Waals surface area contributed by atoms with E-state index < -0.39 is 0 Å². The Labute approximate surface area is 117 Å². The summed E-state index contributed by atoms with van der Waals surface area (Å²) in [7, 11) is 0. The smallest absolute Gasteiger partial charge is 0.233 e. The van der Waals surface area contributed by atoms with Gasteiger partial charge < -0.3 is 5.32 Å². The van der Waals surface area contributed by atoms with Gasteiger partial charge in [-0.1, -0.05) is 28.8 Å². The monoisotopic (exact) mass is 319 g/mol. The standard InChI is InChI=1S/C13H22BrNOS/c14-8-10-4-1-2-5-11(10)9-15-13(16)12-6-3-7-17-12/h10-12H,1-9H2,(H,15,16). The third-order valence-corrected chi connectivity index (χ3v) is 6.23. The fourth-order valence-electron chi connectivity index (χ4n) is 2.89. The van der Waals surface area contributed by atoms with E-state index >= 15 is 0 Å². The fraction of sp³-hybridized carbons (Fsp3) is 0.923. The number of rotatable bonds is 4. The lowest BCUT2D eigenvalue weighted by Crippen LogP contribution is -2.38. The van der Waals surface area contributed by atoms with Crippen molar-refractivity contribution in [1.29, 1.82) is 0 Å². The predicted octanol–water partition coefficient (Wildman–Crippen LogP) is 3.20. The van der Waals surface area contributed by atoms with E-state index in [2.05, 4.69) is 21.2 Å². The van der Waals surface area contributed by atoms with Crippen molar-refractivity contribution in [3.05, 3.63) is 0 Å². The van der Waals surface area contributed by atoms with Crippen LogP contribution < -0.4 is 5.32 Å². The van der Waals surface area contributed by atoms with Crippen molar-refractivity contribution in [2.45, 2.75) is 43.8 Å². The Kier molecular flexibility index (Phi) is 5.67. The van der Waals surface area contributed by atoms with E-state index in [0.717, 1.165) is 30.0 Å². The number of alkyl halides is 1. The lowest BCUT2D eigenvalue weighted by molar-refractivity contribution is -0.120. The SMILES string of the molecule is O=C(NCC1CCCCC1CBr)C1CCCS1. The van der Waals surface area contributed by atoms with Crippen LogP contribution in [0.15, 0.2) is 0 Å². The second-order valence-corrected chi connectivity index (χ2v) is 7.16. The number of hydrogen-bond donors (Lipinski definition) is 1. The van der Waals surface area contributed by atoms with Gasteiger partial charge in [-0.2, -0.15) is 0 Å². The molecule has 0 aromatic carbocycles. The van der Waals surface area contributed by atoms with Crippen LogP contribution >= 0.6 is 27.7 Å². The zero-order valence-corrected chi connectivity index (χ0v) is 12.7. The van der Waals surface area contributed by atoms with Crippen molar-refractivity contribution in [2.75, 3.05) is 17.6 Å². The number of carbonyl (C=O) groups is 1. The first-order valence-corrected chi connectivity index (χ1v) is 8.93. The molecular formula is C13H22BrNOS. The van der Waals surface area contributed by atoms with Gasteiger partial charge in [0, 0.05) is 11.9 Å². The largest absolute Gasteiger partial charge is 0.355 e. The Balaban J connectivity index is 1.74. The van der Waals surface area contributed by atoms with Crippen molar-refractivity contribution >= 4 is 33.6 Å². The molecule has 2 rings (SSSR count). The topological polar surface area (TPSA) is 29.1 Å². The first kappa shape index (κ1) is 13.7. The maximum Gasteiger partial charge on any atom is 0.233 e. The van der Waals surface area contributed by atoms with Crippen LogP contribution in [0.5, 0.6) is 0 Å². The molecule has 0 radical (unpaired) electrons. The lowest BCUT2D eigenvalue weighted by Gasteiger charge is -2.30. The Morgan fingerprint density at radius 1 is 1.18 bits per heavy atom. The summed E-state index contributed by atoms with van der Waals surface area (Å²) in [5.74, 6) is 2.90. The molecule has 1 heterocycles. The quantitative estimate of drug-likeness (QED) is 0.806. The van der Waals surface area contributed by atoms with E-state index in [-0.39, 0.29) is 11.2 Å². The maximum absolute atomic E-state index is 11.9. The Hall–Kier alpha value is 0.300. The number of thioether (sulfide) groups is 1. The molecule has 0 spiro atoms. The van der Waals surface area contributed by atoms with Crippen molar-refractivity contribution in [3.8, 4) is 0 Å². The van der Waals surface area contributed by atoms with Gasteiger partial charge in [-0.05, 0) is 43.3 Å². The average molecular weight is 320 g/mol. The highest BCUT2D eigenvalue weighted by atomic mass is 79.9. The van der Waals surface area contributed by atoms with Gasteiger partial charge >= 0.3 is 0 Å². The number of halogens is 1. The van der Waals surface area contributed by atoms with Crippen molar-refractivity contribution < 1.29 is 4.79 Å². The molecule has 0 aromatic rings. The van der Waals surface area contributed by atoms with Crippen LogP contribution in [0.25, 0.3) is 0 Å². The highest BCUT2D eigenvalue weighted by molar-refractivity contribution is 9.09. The Morgan fingerprint density at radius 2 is 1.94 bits per heavy atom. The molecule has 1 saturated heterocycles. The van der Waals surface area contributed by atoms with Gasteiger partial charge in [-0.25, -0.2) is 0 Å². The molecule has 1 aliphatic heterocycles. The Bertz CT molecular complexity index is 256. The highest BCUT2D eigenvalue weighted by Gasteiger charge is 2.27. The molecule has 1 N–H and O–H groups in total. The first-order valence-electron chi connectivity index (χ1n) is 6.76. The number of amides is 1. The van der Waals surface area contributed by atoms with Gasteiger partial charge in [0.05, 0.1) is 5.25 Å². The summed E-state index contributed by atoms with van der Waals surface area (Å²) in [5, 5.41) is 4.50. The van der Waals surface area contributed by atoms with Crippen molar-refractivity contribution in [3.63, 3.8) is 0 Å². The minimum atomic E-state index is 0.237. The molecule has 1 aliphatic carbocycles. The third-order valence-electron chi connectivity index (χ3n) is 4.03. The van der Waals surface area contributed by atoms with E-state index in [9.17, 15) is 4.79 Å². The van der Waals surface area contributed by atoms with Crippen LogP contribution in [0, 0.1) is 11.8 Å². The van der Waals surface area contributed by atoms with E-state index in [4.69, 9.17) is 0 Å². The first-order chi connectivity index (χ1) is 8.31. The zero-order valence-electron chi connectivity index (χ0n) is 10.3. The second kappa shape index (κ2) is 7.03. The van der Waals surface area contributed by atoms with E-state index in [1.165, 1.54) is 32.1 Å². The zero-order chi connectivity index (χ0) is 12.1. The van der Waals surface area contributed by atoms with Crippen LogP contribution in [0.1, 0.15) is 38.5 Å². The molecule has 3 atom stereocenters. The average Bonchev–Trinajstić information content (AvgIpc) is 2.90. The molecule has 98 valence electrons. The van der Waals surface area contributed by atoms with Gasteiger partial charge in [0.15, 0.2) is 0 Å². The maximum atomic E-state index is 11.9. The van der Waals surface area contributed by atoms with E-state index in [0.29, 0.717) is 5.92 Å². The molecule has 0 aromatic heterocycles. The summed E-state index contributed by atoms with van der Waals surface area (Å²) in [4.78, 5) is 11.9. The molecule has 17 heavy (non-hydrogen) atoms. The van der Waals surface area contributed by atoms with Gasteiger partial charge in [-0.15, -0.1) is 11.8 Å². The van der Waals surface area contributed by atoms with Crippen LogP contribution in [-0.2, 0) is 4.79 Å². The van der Waals surface area contributed by atoms with Crippen LogP contribution in [0.3, 0.4) is 0 Å². The number of hydrogen-bond acceptors (Lipinski definition) is 2. The lowest BCUT2D eigenvalue weighted by atomic mass is 9.80. The minimum Gasteiger partial charge on any atom is -0.355 e. The van der Waals surface area contributed by atoms with Gasteiger partial charge in [0.1, 0.15) is 0 Å². The highest BCUT2D eigenvalue weighted by Crippen LogP contribution is 2.31. The Morgan fingerprint density at radius 3 is 2.59 bits per heavy atom. The van der Waals surface area contributed by atoms with Gasteiger partial charge in [0.25, 0.3) is 0 Å². The summed E-state index contributed by atoms with van der Waals surface area (Å²) in [6, 6.07) is 0. The summed E-state index contributed by atoms with van der Waals surface area (Å²) in [5.41, 5.74) is 0. The molecule has 2 fully saturated rings. The van der Waals surface area contributed by atoms with Crippen LogP contribution in [0.2, 0.25) is 0 Å². The number of carbonyl (C=O) groups excluding carboxylic acids is 1. The van der Waals surface area contributed by atoms with Crippen LogP contribution in [-0.4, -0.2) is 28.8 Å². The van der Waals surface area contributed by atoms with Crippen molar-refractivity contribution in [1.82, 2.24) is 5.32 Å². The molecule has 1 amide bonds. The summed E-state index contributed by atoms with van der Waals surface area (Å²) in [6.45, 7) is 0.895. The summed E-state index contributed by atoms with van der Waals surface area (Å²) in [6.07, 6.45) is 7.58. The number of nitrogens with one attached hydrogen (secondary N) is 1. The van der Waals surface area contributed by atoms with Gasteiger partial charge in [0.2, 0.25) is 5.91 Å². The third kappa shape index (κ3) is 3.88. The second-order valence-electron chi connectivity index (χ2n) is 5.21. The predicted molar refractivity (Wildman–Crippen MR) is 77.7 cm³/mol. The minimum absolute atomic E-state index is 0.237. The molecule has 0 bridgehead atoms. The molecular weight excluding hydrogens is 298 g/mol. The normalized spacial score (nSPS) is 33.6. The summed E-state index contributed by atoms with van der Waals surface area (Å²) < 4.78 is 0. The molecule has 2 nitrogen and oxygen atoms in total.